The first-order valence-corrected chi connectivity index (χ1v) is 6.36. The van der Waals surface area contributed by atoms with Crippen molar-refractivity contribution in [2.45, 2.75) is 12.6 Å². The van der Waals surface area contributed by atoms with Crippen molar-refractivity contribution in [3.05, 3.63) is 65.1 Å². The highest BCUT2D eigenvalue weighted by Crippen LogP contribution is 2.44. The molecule has 1 aromatic carbocycles. The van der Waals surface area contributed by atoms with E-state index in [0.29, 0.717) is 12.4 Å². The lowest BCUT2D eigenvalue weighted by atomic mass is 10.2. The molecule has 1 saturated heterocycles. The van der Waals surface area contributed by atoms with Crippen LogP contribution in [0.2, 0.25) is 0 Å². The molecule has 3 aliphatic rings. The van der Waals surface area contributed by atoms with Crippen molar-refractivity contribution in [1.29, 1.82) is 0 Å². The van der Waals surface area contributed by atoms with Crippen LogP contribution in [0.1, 0.15) is 12.0 Å². The highest BCUT2D eigenvalue weighted by molar-refractivity contribution is 5.60. The van der Waals surface area contributed by atoms with Crippen molar-refractivity contribution in [3.8, 4) is 0 Å². The zero-order chi connectivity index (χ0) is 13.9. The molecule has 2 heterocycles. The SMILES string of the molecule is FC(F)(F)c1cccc(N2C=C3C4=CC=C(C4)N3C2)c1. The summed E-state index contributed by atoms with van der Waals surface area (Å²) in [6.07, 6.45) is 2.72. The molecule has 2 bridgehead atoms. The number of fused-ring (bicyclic) bond motifs is 5. The van der Waals surface area contributed by atoms with Gasteiger partial charge in [-0.3, -0.25) is 0 Å². The Balaban J connectivity index is 1.68. The highest BCUT2D eigenvalue weighted by atomic mass is 19.4. The molecule has 4 rings (SSSR count). The van der Waals surface area contributed by atoms with Crippen LogP contribution >= 0.6 is 0 Å². The maximum absolute atomic E-state index is 12.8. The van der Waals surface area contributed by atoms with Crippen molar-refractivity contribution in [3.63, 3.8) is 0 Å². The van der Waals surface area contributed by atoms with Gasteiger partial charge in [0.1, 0.15) is 0 Å². The van der Waals surface area contributed by atoms with Gasteiger partial charge in [-0.15, -0.1) is 0 Å². The first-order valence-electron chi connectivity index (χ1n) is 6.36. The van der Waals surface area contributed by atoms with E-state index in [0.717, 1.165) is 18.2 Å². The van der Waals surface area contributed by atoms with Gasteiger partial charge in [0, 0.05) is 24.0 Å². The van der Waals surface area contributed by atoms with Crippen LogP contribution in [0.15, 0.2) is 59.6 Å². The average Bonchev–Trinajstić information content (AvgIpc) is 3.10. The maximum atomic E-state index is 12.8. The molecule has 0 spiro atoms. The van der Waals surface area contributed by atoms with E-state index in [9.17, 15) is 13.2 Å². The average molecular weight is 276 g/mol. The molecule has 1 aliphatic carbocycles. The minimum Gasteiger partial charge on any atom is -0.327 e. The van der Waals surface area contributed by atoms with E-state index in [-0.39, 0.29) is 0 Å². The normalized spacial score (nSPS) is 20.1. The molecular formula is C15H11F3N2. The number of halogens is 3. The van der Waals surface area contributed by atoms with Crippen LogP contribution in [-0.4, -0.2) is 11.6 Å². The molecular weight excluding hydrogens is 265 g/mol. The van der Waals surface area contributed by atoms with Crippen LogP contribution < -0.4 is 4.90 Å². The van der Waals surface area contributed by atoms with Gasteiger partial charge in [0.15, 0.2) is 0 Å². The fourth-order valence-corrected chi connectivity index (χ4v) is 2.88. The van der Waals surface area contributed by atoms with E-state index in [2.05, 4.69) is 17.1 Å². The molecule has 0 aromatic heterocycles. The quantitative estimate of drug-likeness (QED) is 0.768. The van der Waals surface area contributed by atoms with Crippen LogP contribution in [0.5, 0.6) is 0 Å². The van der Waals surface area contributed by atoms with Crippen LogP contribution in [0.3, 0.4) is 0 Å². The molecule has 2 nitrogen and oxygen atoms in total. The summed E-state index contributed by atoms with van der Waals surface area (Å²) < 4.78 is 38.3. The molecule has 1 aromatic rings. The minimum absolute atomic E-state index is 0.572. The maximum Gasteiger partial charge on any atom is 0.416 e. The number of alkyl halides is 3. The standard InChI is InChI=1S/C15H11F3N2/c16-15(17,18)11-2-1-3-12(7-11)19-8-14-10-4-5-13(6-10)20(14)9-19/h1-5,7-8H,6,9H2. The van der Waals surface area contributed by atoms with Crippen molar-refractivity contribution in [1.82, 2.24) is 4.90 Å². The molecule has 1 fully saturated rings. The van der Waals surface area contributed by atoms with Crippen molar-refractivity contribution >= 4 is 5.69 Å². The lowest BCUT2D eigenvalue weighted by Gasteiger charge is -2.22. The van der Waals surface area contributed by atoms with E-state index in [1.807, 2.05) is 11.1 Å². The highest BCUT2D eigenvalue weighted by Gasteiger charge is 2.36. The second-order valence-electron chi connectivity index (χ2n) is 5.13. The summed E-state index contributed by atoms with van der Waals surface area (Å²) in [5.74, 6) is 0. The van der Waals surface area contributed by atoms with Crippen LogP contribution in [0, 0.1) is 0 Å². The third-order valence-electron chi connectivity index (χ3n) is 3.89. The van der Waals surface area contributed by atoms with E-state index >= 15 is 0 Å². The van der Waals surface area contributed by atoms with Gasteiger partial charge in [-0.25, -0.2) is 0 Å². The summed E-state index contributed by atoms with van der Waals surface area (Å²) >= 11 is 0. The fraction of sp³-hybridized carbons (Fsp3) is 0.200. The third-order valence-corrected chi connectivity index (χ3v) is 3.89. The van der Waals surface area contributed by atoms with Gasteiger partial charge in [0.2, 0.25) is 0 Å². The molecule has 20 heavy (non-hydrogen) atoms. The van der Waals surface area contributed by atoms with Gasteiger partial charge >= 0.3 is 6.18 Å². The molecule has 2 aliphatic heterocycles. The number of hydrogen-bond donors (Lipinski definition) is 0. The van der Waals surface area contributed by atoms with E-state index in [4.69, 9.17) is 0 Å². The number of hydrogen-bond acceptors (Lipinski definition) is 2. The van der Waals surface area contributed by atoms with Gasteiger partial charge in [0.05, 0.1) is 17.9 Å². The largest absolute Gasteiger partial charge is 0.416 e. The first-order chi connectivity index (χ1) is 9.52. The molecule has 102 valence electrons. The number of anilines is 1. The molecule has 0 amide bonds. The second-order valence-corrected chi connectivity index (χ2v) is 5.13. The Hall–Kier alpha value is -2.17. The Morgan fingerprint density at radius 1 is 1.10 bits per heavy atom. The van der Waals surface area contributed by atoms with Crippen molar-refractivity contribution in [2.24, 2.45) is 0 Å². The Labute approximate surface area is 114 Å². The fourth-order valence-electron chi connectivity index (χ4n) is 2.88. The Bertz CT molecular complexity index is 683. The summed E-state index contributed by atoms with van der Waals surface area (Å²) in [4.78, 5) is 4.01. The minimum atomic E-state index is -4.30. The zero-order valence-electron chi connectivity index (χ0n) is 10.5. The second kappa shape index (κ2) is 3.69. The van der Waals surface area contributed by atoms with Crippen molar-refractivity contribution < 1.29 is 13.2 Å². The molecule has 0 atom stereocenters. The summed E-state index contributed by atoms with van der Waals surface area (Å²) in [5, 5.41) is 0. The van der Waals surface area contributed by atoms with Gasteiger partial charge in [-0.2, -0.15) is 13.2 Å². The number of rotatable bonds is 1. The van der Waals surface area contributed by atoms with Crippen LogP contribution in [-0.2, 0) is 6.18 Å². The van der Waals surface area contributed by atoms with Crippen molar-refractivity contribution in [2.75, 3.05) is 11.6 Å². The van der Waals surface area contributed by atoms with E-state index in [1.54, 1.807) is 6.07 Å². The Morgan fingerprint density at radius 3 is 2.70 bits per heavy atom. The van der Waals surface area contributed by atoms with Gasteiger partial charge in [0.25, 0.3) is 0 Å². The molecule has 0 unspecified atom stereocenters. The van der Waals surface area contributed by atoms with Gasteiger partial charge < -0.3 is 9.80 Å². The topological polar surface area (TPSA) is 6.48 Å². The number of benzene rings is 1. The lowest BCUT2D eigenvalue weighted by molar-refractivity contribution is -0.137. The summed E-state index contributed by atoms with van der Waals surface area (Å²) in [5.41, 5.74) is 3.54. The Morgan fingerprint density at radius 2 is 1.95 bits per heavy atom. The monoisotopic (exact) mass is 276 g/mol. The predicted molar refractivity (Wildman–Crippen MR) is 69.5 cm³/mol. The summed E-state index contributed by atoms with van der Waals surface area (Å²) in [6, 6.07) is 5.46. The summed E-state index contributed by atoms with van der Waals surface area (Å²) in [6.45, 7) is 0.583. The molecule has 0 radical (unpaired) electrons. The number of allylic oxidation sites excluding steroid dienone is 4. The zero-order valence-corrected chi connectivity index (χ0v) is 10.5. The third kappa shape index (κ3) is 1.59. The summed E-state index contributed by atoms with van der Waals surface area (Å²) in [7, 11) is 0. The Kier molecular flexibility index (Phi) is 2.14. The first kappa shape index (κ1) is 11.6. The molecule has 0 N–H and O–H groups in total. The molecule has 5 heteroatoms. The smallest absolute Gasteiger partial charge is 0.327 e. The van der Waals surface area contributed by atoms with E-state index in [1.165, 1.54) is 23.4 Å². The van der Waals surface area contributed by atoms with Gasteiger partial charge in [-0.1, -0.05) is 12.1 Å². The van der Waals surface area contributed by atoms with Gasteiger partial charge in [-0.05, 0) is 29.8 Å². The van der Waals surface area contributed by atoms with Crippen LogP contribution in [0.4, 0.5) is 18.9 Å². The van der Waals surface area contributed by atoms with Crippen LogP contribution in [0.25, 0.3) is 0 Å². The molecule has 0 saturated carbocycles. The van der Waals surface area contributed by atoms with E-state index < -0.39 is 11.7 Å². The lowest BCUT2D eigenvalue weighted by Crippen LogP contribution is -2.24. The predicted octanol–water partition coefficient (Wildman–Crippen LogP) is 3.85. The number of nitrogens with zero attached hydrogens (tertiary/aromatic N) is 2.